The van der Waals surface area contributed by atoms with Crippen LogP contribution >= 0.6 is 0 Å². The third-order valence-electron chi connectivity index (χ3n) is 3.80. The number of rotatable bonds is 6. The highest BCUT2D eigenvalue weighted by Crippen LogP contribution is 2.36. The van der Waals surface area contributed by atoms with Crippen molar-refractivity contribution >= 4 is 23.9 Å². The maximum atomic E-state index is 11.6. The standard InChI is InChI=1S/C17H26O9/c1-8(2)14-16(24-11(5)20)15(23-10(4)19)13(7-22-9(3)18)26-17(14)25-12(6)21/h8,13-17H,7H2,1-6H3/t13-,14-,15+,16-,17-/m1/s1. The highest BCUT2D eigenvalue weighted by Gasteiger charge is 2.52. The summed E-state index contributed by atoms with van der Waals surface area (Å²) >= 11 is 0. The fourth-order valence-electron chi connectivity index (χ4n) is 2.89. The average molecular weight is 374 g/mol. The van der Waals surface area contributed by atoms with Crippen molar-refractivity contribution in [2.45, 2.75) is 66.1 Å². The largest absolute Gasteiger partial charge is 0.463 e. The smallest absolute Gasteiger partial charge is 0.304 e. The minimum Gasteiger partial charge on any atom is -0.463 e. The van der Waals surface area contributed by atoms with Crippen LogP contribution in [0, 0.1) is 11.8 Å². The summed E-state index contributed by atoms with van der Waals surface area (Å²) in [5, 5.41) is 0. The second-order valence-corrected chi connectivity index (χ2v) is 6.42. The fraction of sp³-hybridized carbons (Fsp3) is 0.765. The molecule has 1 fully saturated rings. The van der Waals surface area contributed by atoms with Gasteiger partial charge in [-0.1, -0.05) is 13.8 Å². The van der Waals surface area contributed by atoms with Gasteiger partial charge in [0.05, 0.1) is 5.92 Å². The minimum atomic E-state index is -1.05. The Bertz CT molecular complexity index is 542. The van der Waals surface area contributed by atoms with Crippen LogP contribution in [0.15, 0.2) is 0 Å². The zero-order valence-electron chi connectivity index (χ0n) is 15.8. The van der Waals surface area contributed by atoms with Gasteiger partial charge in [-0.05, 0) is 5.92 Å². The first kappa shape index (κ1) is 21.9. The van der Waals surface area contributed by atoms with E-state index in [9.17, 15) is 19.2 Å². The molecule has 5 atom stereocenters. The highest BCUT2D eigenvalue weighted by molar-refractivity contribution is 5.68. The summed E-state index contributed by atoms with van der Waals surface area (Å²) in [7, 11) is 0. The molecule has 1 aliphatic rings. The Kier molecular flexibility index (Phi) is 8.01. The van der Waals surface area contributed by atoms with Crippen molar-refractivity contribution in [3.05, 3.63) is 0 Å². The molecule has 1 saturated heterocycles. The molecule has 0 N–H and O–H groups in total. The summed E-state index contributed by atoms with van der Waals surface area (Å²) in [4.78, 5) is 45.8. The van der Waals surface area contributed by atoms with Crippen molar-refractivity contribution in [3.8, 4) is 0 Å². The number of carbonyl (C=O) groups is 4. The maximum absolute atomic E-state index is 11.6. The molecule has 0 saturated carbocycles. The van der Waals surface area contributed by atoms with Gasteiger partial charge < -0.3 is 23.7 Å². The summed E-state index contributed by atoms with van der Waals surface area (Å²) in [6.07, 6.45) is -3.97. The molecule has 0 radical (unpaired) electrons. The molecule has 1 heterocycles. The maximum Gasteiger partial charge on any atom is 0.304 e. The lowest BCUT2D eigenvalue weighted by atomic mass is 9.82. The molecule has 0 aliphatic carbocycles. The topological polar surface area (TPSA) is 114 Å². The predicted octanol–water partition coefficient (Wildman–Crippen LogP) is 0.973. The first-order valence-electron chi connectivity index (χ1n) is 8.33. The van der Waals surface area contributed by atoms with Crippen LogP contribution in [0.2, 0.25) is 0 Å². The molecule has 148 valence electrons. The Morgan fingerprint density at radius 1 is 0.808 bits per heavy atom. The summed E-state index contributed by atoms with van der Waals surface area (Å²) in [5.74, 6) is -3.07. The van der Waals surface area contributed by atoms with Gasteiger partial charge in [0.1, 0.15) is 12.7 Å². The van der Waals surface area contributed by atoms with Gasteiger partial charge in [-0.25, -0.2) is 0 Å². The van der Waals surface area contributed by atoms with Gasteiger partial charge in [0.25, 0.3) is 0 Å². The first-order valence-corrected chi connectivity index (χ1v) is 8.33. The van der Waals surface area contributed by atoms with Crippen molar-refractivity contribution < 1.29 is 42.9 Å². The summed E-state index contributed by atoms with van der Waals surface area (Å²) in [5.41, 5.74) is 0. The number of ether oxygens (including phenoxy) is 5. The normalized spacial score (nSPS) is 28.2. The minimum absolute atomic E-state index is 0.142. The van der Waals surface area contributed by atoms with Gasteiger partial charge in [-0.2, -0.15) is 0 Å². The third-order valence-corrected chi connectivity index (χ3v) is 3.80. The van der Waals surface area contributed by atoms with Gasteiger partial charge in [0.15, 0.2) is 12.2 Å². The second kappa shape index (κ2) is 9.51. The predicted molar refractivity (Wildman–Crippen MR) is 86.5 cm³/mol. The van der Waals surface area contributed by atoms with E-state index in [2.05, 4.69) is 0 Å². The second-order valence-electron chi connectivity index (χ2n) is 6.42. The summed E-state index contributed by atoms with van der Waals surface area (Å²) < 4.78 is 26.7. The van der Waals surface area contributed by atoms with E-state index in [0.29, 0.717) is 0 Å². The van der Waals surface area contributed by atoms with Crippen LogP contribution in [0.3, 0.4) is 0 Å². The van der Waals surface area contributed by atoms with Crippen LogP contribution in [0.5, 0.6) is 0 Å². The van der Waals surface area contributed by atoms with Crippen LogP contribution in [-0.4, -0.2) is 55.1 Å². The molecular weight excluding hydrogens is 348 g/mol. The Labute approximate surface area is 152 Å². The molecule has 9 nitrogen and oxygen atoms in total. The van der Waals surface area contributed by atoms with Crippen LogP contribution in [0.25, 0.3) is 0 Å². The molecule has 0 amide bonds. The molecule has 9 heteroatoms. The van der Waals surface area contributed by atoms with E-state index in [1.807, 2.05) is 13.8 Å². The molecular formula is C17H26O9. The van der Waals surface area contributed by atoms with Gasteiger partial charge in [0, 0.05) is 27.7 Å². The Hall–Kier alpha value is -2.16. The van der Waals surface area contributed by atoms with E-state index in [1.54, 1.807) is 0 Å². The SMILES string of the molecule is CC(=O)OC[C@H]1O[C@@H](OC(C)=O)[C@H](C(C)C)[C@@H](OC(C)=O)[C@H]1OC(C)=O. The van der Waals surface area contributed by atoms with Crippen molar-refractivity contribution in [1.29, 1.82) is 0 Å². The molecule has 0 aromatic heterocycles. The van der Waals surface area contributed by atoms with Gasteiger partial charge in [0.2, 0.25) is 6.29 Å². The van der Waals surface area contributed by atoms with Crippen molar-refractivity contribution in [2.75, 3.05) is 6.61 Å². The Morgan fingerprint density at radius 3 is 1.73 bits per heavy atom. The summed E-state index contributed by atoms with van der Waals surface area (Å²) in [6.45, 7) is 8.27. The van der Waals surface area contributed by atoms with E-state index in [4.69, 9.17) is 23.7 Å². The molecule has 1 rings (SSSR count). The molecule has 26 heavy (non-hydrogen) atoms. The van der Waals surface area contributed by atoms with Crippen LogP contribution < -0.4 is 0 Å². The van der Waals surface area contributed by atoms with Crippen LogP contribution in [0.1, 0.15) is 41.5 Å². The van der Waals surface area contributed by atoms with Crippen LogP contribution in [-0.2, 0) is 42.9 Å². The van der Waals surface area contributed by atoms with E-state index in [-0.39, 0.29) is 12.5 Å². The molecule has 0 aromatic carbocycles. The highest BCUT2D eigenvalue weighted by atomic mass is 16.7. The average Bonchev–Trinajstić information content (AvgIpc) is 2.45. The van der Waals surface area contributed by atoms with Crippen molar-refractivity contribution in [3.63, 3.8) is 0 Å². The van der Waals surface area contributed by atoms with E-state index in [0.717, 1.165) is 0 Å². The lowest BCUT2D eigenvalue weighted by Crippen LogP contribution is -2.60. The monoisotopic (exact) mass is 374 g/mol. The zero-order valence-corrected chi connectivity index (χ0v) is 15.8. The number of esters is 4. The molecule has 1 aliphatic heterocycles. The van der Waals surface area contributed by atoms with Gasteiger partial charge in [-0.3, -0.25) is 19.2 Å². The van der Waals surface area contributed by atoms with Gasteiger partial charge >= 0.3 is 23.9 Å². The van der Waals surface area contributed by atoms with Crippen LogP contribution in [0.4, 0.5) is 0 Å². The van der Waals surface area contributed by atoms with Gasteiger partial charge in [-0.15, -0.1) is 0 Å². The Balaban J connectivity index is 3.26. The van der Waals surface area contributed by atoms with Crippen molar-refractivity contribution in [1.82, 2.24) is 0 Å². The zero-order chi connectivity index (χ0) is 20.0. The molecule has 0 spiro atoms. The Morgan fingerprint density at radius 2 is 1.31 bits per heavy atom. The molecule has 0 bridgehead atoms. The summed E-state index contributed by atoms with van der Waals surface area (Å²) in [6, 6.07) is 0. The molecule has 0 aromatic rings. The number of carbonyl (C=O) groups excluding carboxylic acids is 4. The lowest BCUT2D eigenvalue weighted by molar-refractivity contribution is -0.290. The first-order chi connectivity index (χ1) is 12.0. The number of hydrogen-bond acceptors (Lipinski definition) is 9. The number of hydrogen-bond donors (Lipinski definition) is 0. The van der Waals surface area contributed by atoms with Crippen molar-refractivity contribution in [2.24, 2.45) is 11.8 Å². The quantitative estimate of drug-likeness (QED) is 0.495. The fourth-order valence-corrected chi connectivity index (χ4v) is 2.89. The van der Waals surface area contributed by atoms with E-state index in [1.165, 1.54) is 27.7 Å². The third kappa shape index (κ3) is 6.29. The van der Waals surface area contributed by atoms with E-state index >= 15 is 0 Å². The lowest BCUT2D eigenvalue weighted by Gasteiger charge is -2.45. The molecule has 0 unspecified atom stereocenters. The van der Waals surface area contributed by atoms with E-state index < -0.39 is 54.4 Å².